The zero-order valence-electron chi connectivity index (χ0n) is 12.3. The third-order valence-electron chi connectivity index (χ3n) is 6.15. The Morgan fingerprint density at radius 1 is 1.32 bits per heavy atom. The Kier molecular flexibility index (Phi) is 3.05. The average molecular weight is 476 g/mol. The molecule has 2 aliphatic carbocycles. The molecule has 0 radical (unpaired) electrons. The van der Waals surface area contributed by atoms with Crippen LogP contribution in [0.25, 0.3) is 0 Å². The molecule has 22 heavy (non-hydrogen) atoms. The summed E-state index contributed by atoms with van der Waals surface area (Å²) >= 11 is 0. The average Bonchev–Trinajstić information content (AvgIpc) is 2.83. The van der Waals surface area contributed by atoms with Crippen LogP contribution in [-0.4, -0.2) is 47.0 Å². The van der Waals surface area contributed by atoms with E-state index < -0.39 is 6.10 Å². The molecule has 1 aromatic rings. The van der Waals surface area contributed by atoms with Gasteiger partial charge in [-0.25, -0.2) is 0 Å². The molecule has 2 N–H and O–H groups in total. The Morgan fingerprint density at radius 2 is 2.14 bits per heavy atom. The van der Waals surface area contributed by atoms with Gasteiger partial charge in [-0.2, -0.15) is 0 Å². The quantitative estimate of drug-likeness (QED) is 0.554. The van der Waals surface area contributed by atoms with Crippen molar-refractivity contribution < 1.29 is 34.7 Å². The predicted molar refractivity (Wildman–Crippen MR) is 77.6 cm³/mol. The molecule has 5 heteroatoms. The SMILES string of the molecule is CN1CC[C@]23c4c5ccc(O)c4O[C@H]2[C@@H](O)C=C[C@H]3[C@H]1C5.[Os]. The van der Waals surface area contributed by atoms with Gasteiger partial charge in [-0.15, -0.1) is 0 Å². The predicted octanol–water partition coefficient (Wildman–Crippen LogP) is 1.20. The number of ether oxygens (including phenoxy) is 1. The van der Waals surface area contributed by atoms with Gasteiger partial charge in [0.1, 0.15) is 12.2 Å². The first-order valence-electron chi connectivity index (χ1n) is 7.71. The smallest absolute Gasteiger partial charge is 0.165 e. The molecule has 0 unspecified atom stereocenters. The van der Waals surface area contributed by atoms with E-state index in [0.717, 1.165) is 19.4 Å². The Bertz CT molecular complexity index is 676. The van der Waals surface area contributed by atoms with Crippen molar-refractivity contribution in [3.63, 3.8) is 0 Å². The molecule has 2 heterocycles. The second-order valence-electron chi connectivity index (χ2n) is 6.93. The molecule has 0 saturated carbocycles. The molecule has 118 valence electrons. The molecule has 2 bridgehead atoms. The van der Waals surface area contributed by atoms with Crippen molar-refractivity contribution in [2.45, 2.75) is 36.5 Å². The molecule has 1 aromatic carbocycles. The van der Waals surface area contributed by atoms with Crippen LogP contribution in [0.3, 0.4) is 0 Å². The first kappa shape index (κ1) is 14.7. The van der Waals surface area contributed by atoms with Gasteiger partial charge in [0.05, 0.1) is 0 Å². The maximum Gasteiger partial charge on any atom is 0.165 e. The second kappa shape index (κ2) is 4.57. The summed E-state index contributed by atoms with van der Waals surface area (Å²) in [5.41, 5.74) is 2.29. The fraction of sp³-hybridized carbons (Fsp3) is 0.529. The van der Waals surface area contributed by atoms with Crippen LogP contribution in [0.15, 0.2) is 24.3 Å². The number of likely N-dealkylation sites (tertiary alicyclic amines) is 1. The van der Waals surface area contributed by atoms with E-state index in [1.165, 1.54) is 11.1 Å². The summed E-state index contributed by atoms with van der Waals surface area (Å²) in [6.07, 6.45) is 5.18. The van der Waals surface area contributed by atoms with Gasteiger partial charge in [0.25, 0.3) is 0 Å². The number of phenolic OH excluding ortho intramolecular Hbond substituents is 1. The van der Waals surface area contributed by atoms with Crippen LogP contribution in [0.5, 0.6) is 11.5 Å². The summed E-state index contributed by atoms with van der Waals surface area (Å²) in [6.45, 7) is 1.01. The van der Waals surface area contributed by atoms with Crippen molar-refractivity contribution >= 4 is 0 Å². The number of hydrogen-bond donors (Lipinski definition) is 2. The van der Waals surface area contributed by atoms with E-state index in [0.29, 0.717) is 17.7 Å². The monoisotopic (exact) mass is 477 g/mol. The Labute approximate surface area is 142 Å². The summed E-state index contributed by atoms with van der Waals surface area (Å²) in [5.74, 6) is 1.19. The van der Waals surface area contributed by atoms with Crippen LogP contribution in [0, 0.1) is 5.92 Å². The first-order chi connectivity index (χ1) is 10.1. The summed E-state index contributed by atoms with van der Waals surface area (Å²) in [6, 6.07) is 4.23. The number of rotatable bonds is 0. The number of hydrogen-bond acceptors (Lipinski definition) is 4. The fourth-order valence-corrected chi connectivity index (χ4v) is 5.24. The summed E-state index contributed by atoms with van der Waals surface area (Å²) in [5, 5.41) is 20.6. The molecule has 0 aromatic heterocycles. The number of aliphatic hydroxyl groups excluding tert-OH is 1. The van der Waals surface area contributed by atoms with Gasteiger partial charge in [0.15, 0.2) is 11.5 Å². The van der Waals surface area contributed by atoms with Crippen LogP contribution in [-0.2, 0) is 31.6 Å². The molecule has 5 atom stereocenters. The minimum Gasteiger partial charge on any atom is -0.504 e. The number of benzene rings is 1. The van der Waals surface area contributed by atoms with Crippen LogP contribution >= 0.6 is 0 Å². The Morgan fingerprint density at radius 3 is 2.95 bits per heavy atom. The number of nitrogens with zero attached hydrogens (tertiary/aromatic N) is 1. The van der Waals surface area contributed by atoms with E-state index in [1.54, 1.807) is 6.07 Å². The fourth-order valence-electron chi connectivity index (χ4n) is 5.24. The molecule has 1 saturated heterocycles. The van der Waals surface area contributed by atoms with E-state index in [4.69, 9.17) is 4.74 Å². The van der Waals surface area contributed by atoms with Gasteiger partial charge in [0, 0.05) is 42.7 Å². The number of likely N-dealkylation sites (N-methyl/N-ethyl adjacent to an activating group) is 1. The molecule has 4 aliphatic rings. The molecule has 1 spiro atoms. The summed E-state index contributed by atoms with van der Waals surface area (Å²) in [4.78, 5) is 2.43. The summed E-state index contributed by atoms with van der Waals surface area (Å²) in [7, 11) is 2.19. The minimum absolute atomic E-state index is 0. The Hall–Kier alpha value is -0.884. The maximum absolute atomic E-state index is 10.4. The van der Waals surface area contributed by atoms with Gasteiger partial charge < -0.3 is 19.8 Å². The largest absolute Gasteiger partial charge is 0.504 e. The van der Waals surface area contributed by atoms with E-state index >= 15 is 0 Å². The van der Waals surface area contributed by atoms with E-state index in [1.807, 2.05) is 12.1 Å². The van der Waals surface area contributed by atoms with Gasteiger partial charge >= 0.3 is 0 Å². The number of piperidine rings is 1. The van der Waals surface area contributed by atoms with Crippen LogP contribution in [0.2, 0.25) is 0 Å². The van der Waals surface area contributed by atoms with Crippen molar-refractivity contribution in [1.29, 1.82) is 0 Å². The van der Waals surface area contributed by atoms with E-state index in [-0.39, 0.29) is 37.1 Å². The number of aliphatic hydroxyl groups is 1. The van der Waals surface area contributed by atoms with Gasteiger partial charge in [-0.05, 0) is 38.1 Å². The van der Waals surface area contributed by atoms with Gasteiger partial charge in [-0.1, -0.05) is 18.2 Å². The van der Waals surface area contributed by atoms with Crippen LogP contribution in [0.4, 0.5) is 0 Å². The maximum atomic E-state index is 10.4. The second-order valence-corrected chi connectivity index (χ2v) is 6.93. The third kappa shape index (κ3) is 1.48. The van der Waals surface area contributed by atoms with Crippen LogP contribution < -0.4 is 4.74 Å². The zero-order valence-corrected chi connectivity index (χ0v) is 14.9. The van der Waals surface area contributed by atoms with Gasteiger partial charge in [-0.3, -0.25) is 0 Å². The summed E-state index contributed by atoms with van der Waals surface area (Å²) < 4.78 is 6.09. The molecule has 4 nitrogen and oxygen atoms in total. The van der Waals surface area contributed by atoms with Gasteiger partial charge in [0.2, 0.25) is 0 Å². The molecule has 0 amide bonds. The van der Waals surface area contributed by atoms with Crippen molar-refractivity contribution in [3.8, 4) is 11.5 Å². The third-order valence-corrected chi connectivity index (χ3v) is 6.15. The Balaban J connectivity index is 0.00000125. The topological polar surface area (TPSA) is 52.9 Å². The van der Waals surface area contributed by atoms with E-state index in [2.05, 4.69) is 18.0 Å². The number of phenols is 1. The standard InChI is InChI=1S/C17H19NO3.Os/c1-18-7-6-17-10-3-5-13(20)16(17)21-15-12(19)4-2-9(14(15)17)8-11(10)18;/h2-5,10-11,13,16,19-20H,6-8H2,1H3;/t10-,11+,13-,16-,17-;/m0./s1. The normalized spacial score (nSPS) is 40.6. The van der Waals surface area contributed by atoms with Crippen molar-refractivity contribution in [1.82, 2.24) is 4.90 Å². The van der Waals surface area contributed by atoms with E-state index in [9.17, 15) is 10.2 Å². The van der Waals surface area contributed by atoms with Crippen molar-refractivity contribution in [2.75, 3.05) is 13.6 Å². The molecule has 1 fully saturated rings. The molecular formula is C17H19NO3Os. The molecule has 5 rings (SSSR count). The molecule has 2 aliphatic heterocycles. The van der Waals surface area contributed by atoms with Crippen molar-refractivity contribution in [3.05, 3.63) is 35.4 Å². The van der Waals surface area contributed by atoms with Crippen LogP contribution in [0.1, 0.15) is 17.5 Å². The minimum atomic E-state index is -0.594. The van der Waals surface area contributed by atoms with Crippen molar-refractivity contribution in [2.24, 2.45) is 5.92 Å². The molecular weight excluding hydrogens is 456 g/mol. The first-order valence-corrected chi connectivity index (χ1v) is 7.71. The zero-order chi connectivity index (χ0) is 14.4. The number of aromatic hydroxyl groups is 1.